The van der Waals surface area contributed by atoms with Gasteiger partial charge in [-0.25, -0.2) is 9.37 Å². The first-order valence-corrected chi connectivity index (χ1v) is 10.6. The molecular weight excluding hydrogens is 411 g/mol. The number of anilines is 1. The zero-order valence-corrected chi connectivity index (χ0v) is 18.1. The van der Waals surface area contributed by atoms with Crippen LogP contribution in [-0.4, -0.2) is 27.6 Å². The maximum Gasteiger partial charge on any atom is 0.227 e. The Kier molecular flexibility index (Phi) is 4.92. The van der Waals surface area contributed by atoms with Crippen molar-refractivity contribution in [2.75, 3.05) is 11.5 Å². The van der Waals surface area contributed by atoms with Crippen molar-refractivity contribution in [3.63, 3.8) is 0 Å². The molecule has 0 bridgehead atoms. The minimum atomic E-state index is -0.446. The molecule has 1 aliphatic rings. The summed E-state index contributed by atoms with van der Waals surface area (Å²) < 4.78 is 25.0. The number of nitrogens with one attached hydrogen (secondary N) is 1. The first-order chi connectivity index (χ1) is 15.4. The van der Waals surface area contributed by atoms with Crippen LogP contribution in [-0.2, 0) is 4.79 Å². The Bertz CT molecular complexity index is 1310. The first-order valence-electron chi connectivity index (χ1n) is 10.6. The van der Waals surface area contributed by atoms with Crippen molar-refractivity contribution in [1.29, 1.82) is 0 Å². The predicted octanol–water partition coefficient (Wildman–Crippen LogP) is 5.24. The summed E-state index contributed by atoms with van der Waals surface area (Å²) in [7, 11) is 0. The van der Waals surface area contributed by atoms with Gasteiger partial charge in [0.15, 0.2) is 0 Å². The van der Waals surface area contributed by atoms with E-state index in [0.29, 0.717) is 36.7 Å². The third kappa shape index (κ3) is 3.41. The van der Waals surface area contributed by atoms with Crippen molar-refractivity contribution in [2.24, 2.45) is 0 Å². The molecule has 5 rings (SSSR count). The van der Waals surface area contributed by atoms with Crippen LogP contribution in [0.4, 0.5) is 10.1 Å². The molecule has 2 aromatic carbocycles. The second kappa shape index (κ2) is 7.78. The van der Waals surface area contributed by atoms with Gasteiger partial charge in [-0.2, -0.15) is 0 Å². The lowest BCUT2D eigenvalue weighted by molar-refractivity contribution is -0.117. The highest BCUT2D eigenvalue weighted by atomic mass is 19.1. The van der Waals surface area contributed by atoms with Crippen LogP contribution in [0.2, 0.25) is 0 Å². The van der Waals surface area contributed by atoms with Crippen LogP contribution >= 0.6 is 0 Å². The molecule has 1 aliphatic heterocycles. The number of carbonyl (C=O) groups excluding carboxylic acids is 1. The molecule has 0 radical (unpaired) electrons. The molecular formula is C24H23FN4O3. The minimum absolute atomic E-state index is 0.0695. The SMILES string of the molecule is CCOc1cc(F)cc(N2C(=O)CC[C@H]2c2nc3ccc(-c4c(C)noc4C)cc3[nH]2)c1. The van der Waals surface area contributed by atoms with Gasteiger partial charge in [0, 0.05) is 24.1 Å². The Morgan fingerprint density at radius 2 is 2.09 bits per heavy atom. The lowest BCUT2D eigenvalue weighted by Crippen LogP contribution is -2.28. The number of nitrogens with zero attached hydrogens (tertiary/aromatic N) is 3. The molecule has 32 heavy (non-hydrogen) atoms. The second-order valence-electron chi connectivity index (χ2n) is 7.95. The van der Waals surface area contributed by atoms with Crippen molar-refractivity contribution in [1.82, 2.24) is 15.1 Å². The molecule has 0 aliphatic carbocycles. The fourth-order valence-corrected chi connectivity index (χ4v) is 4.44. The number of amides is 1. The molecule has 1 saturated heterocycles. The van der Waals surface area contributed by atoms with E-state index in [0.717, 1.165) is 33.6 Å². The number of hydrogen-bond acceptors (Lipinski definition) is 5. The van der Waals surface area contributed by atoms with Crippen molar-refractivity contribution < 1.29 is 18.4 Å². The first kappa shape index (κ1) is 20.2. The number of aromatic nitrogens is 3. The van der Waals surface area contributed by atoms with Gasteiger partial charge in [0.05, 0.1) is 35.1 Å². The number of carbonyl (C=O) groups is 1. The number of fused-ring (bicyclic) bond motifs is 1. The van der Waals surface area contributed by atoms with Gasteiger partial charge in [0.25, 0.3) is 0 Å². The summed E-state index contributed by atoms with van der Waals surface area (Å²) in [6.45, 7) is 6.04. The summed E-state index contributed by atoms with van der Waals surface area (Å²) in [6.07, 6.45) is 0.961. The molecule has 7 nitrogen and oxygen atoms in total. The summed E-state index contributed by atoms with van der Waals surface area (Å²) >= 11 is 0. The lowest BCUT2D eigenvalue weighted by Gasteiger charge is -2.24. The Balaban J connectivity index is 1.53. The molecule has 1 atom stereocenters. The largest absolute Gasteiger partial charge is 0.494 e. The molecule has 0 unspecified atom stereocenters. The zero-order valence-electron chi connectivity index (χ0n) is 18.1. The predicted molar refractivity (Wildman–Crippen MR) is 118 cm³/mol. The third-order valence-electron chi connectivity index (χ3n) is 5.80. The topological polar surface area (TPSA) is 84.2 Å². The van der Waals surface area contributed by atoms with E-state index in [-0.39, 0.29) is 11.9 Å². The van der Waals surface area contributed by atoms with Crippen molar-refractivity contribution in [3.05, 3.63) is 59.5 Å². The normalized spacial score (nSPS) is 16.3. The molecule has 0 spiro atoms. The van der Waals surface area contributed by atoms with Crippen molar-refractivity contribution in [3.8, 4) is 16.9 Å². The summed E-state index contributed by atoms with van der Waals surface area (Å²) in [5, 5.41) is 4.03. The van der Waals surface area contributed by atoms with E-state index >= 15 is 0 Å². The van der Waals surface area contributed by atoms with E-state index in [4.69, 9.17) is 14.2 Å². The van der Waals surface area contributed by atoms with Crippen LogP contribution in [0.25, 0.3) is 22.2 Å². The highest BCUT2D eigenvalue weighted by Crippen LogP contribution is 2.38. The fourth-order valence-electron chi connectivity index (χ4n) is 4.44. The average Bonchev–Trinajstić information content (AvgIpc) is 3.43. The maximum absolute atomic E-state index is 14.2. The molecule has 1 fully saturated rings. The summed E-state index contributed by atoms with van der Waals surface area (Å²) in [4.78, 5) is 22.5. The number of H-pyrrole nitrogens is 1. The number of benzene rings is 2. The van der Waals surface area contributed by atoms with E-state index in [9.17, 15) is 9.18 Å². The smallest absolute Gasteiger partial charge is 0.227 e. The molecule has 0 saturated carbocycles. The number of imidazole rings is 1. The van der Waals surface area contributed by atoms with Gasteiger partial charge < -0.3 is 19.1 Å². The average molecular weight is 434 g/mol. The number of aromatic amines is 1. The fraction of sp³-hybridized carbons (Fsp3) is 0.292. The molecule has 1 N–H and O–H groups in total. The number of hydrogen-bond donors (Lipinski definition) is 1. The summed E-state index contributed by atoms with van der Waals surface area (Å²) in [5.41, 5.74) is 4.89. The van der Waals surface area contributed by atoms with Gasteiger partial charge in [-0.05, 0) is 51.0 Å². The van der Waals surface area contributed by atoms with Crippen LogP contribution in [0.5, 0.6) is 5.75 Å². The van der Waals surface area contributed by atoms with E-state index in [1.807, 2.05) is 39.0 Å². The highest BCUT2D eigenvalue weighted by molar-refractivity contribution is 5.96. The van der Waals surface area contributed by atoms with Crippen LogP contribution in [0.1, 0.15) is 43.1 Å². The lowest BCUT2D eigenvalue weighted by atomic mass is 10.0. The Morgan fingerprint density at radius 1 is 1.25 bits per heavy atom. The van der Waals surface area contributed by atoms with E-state index in [2.05, 4.69) is 10.1 Å². The second-order valence-corrected chi connectivity index (χ2v) is 7.95. The molecule has 164 valence electrons. The number of halogens is 1. The zero-order chi connectivity index (χ0) is 22.4. The van der Waals surface area contributed by atoms with Crippen LogP contribution < -0.4 is 9.64 Å². The van der Waals surface area contributed by atoms with Crippen LogP contribution in [0.15, 0.2) is 40.9 Å². The molecule has 2 aromatic heterocycles. The molecule has 4 aromatic rings. The van der Waals surface area contributed by atoms with Crippen LogP contribution in [0, 0.1) is 19.7 Å². The summed E-state index contributed by atoms with van der Waals surface area (Å²) in [5.74, 6) is 1.31. The highest BCUT2D eigenvalue weighted by Gasteiger charge is 2.36. The Labute approximate surface area is 184 Å². The van der Waals surface area contributed by atoms with Gasteiger partial charge in [0.1, 0.15) is 23.2 Å². The van der Waals surface area contributed by atoms with Gasteiger partial charge in [-0.15, -0.1) is 0 Å². The van der Waals surface area contributed by atoms with Gasteiger partial charge in [0.2, 0.25) is 5.91 Å². The van der Waals surface area contributed by atoms with Crippen molar-refractivity contribution >= 4 is 22.6 Å². The molecule has 1 amide bonds. The minimum Gasteiger partial charge on any atom is -0.494 e. The van der Waals surface area contributed by atoms with Gasteiger partial charge >= 0.3 is 0 Å². The standard InChI is InChI=1S/C24H23FN4O3/c1-4-31-18-11-16(25)10-17(12-18)29-21(7-8-22(29)30)24-26-19-6-5-15(9-20(19)27-24)23-13(2)28-32-14(23)3/h5-6,9-12,21H,4,7-8H2,1-3H3,(H,26,27)/t21-/m0/s1. The van der Waals surface area contributed by atoms with E-state index in [1.54, 1.807) is 11.0 Å². The molecule has 8 heteroatoms. The van der Waals surface area contributed by atoms with E-state index < -0.39 is 5.82 Å². The number of ether oxygens (including phenoxy) is 1. The van der Waals surface area contributed by atoms with Crippen molar-refractivity contribution in [2.45, 2.75) is 39.7 Å². The van der Waals surface area contributed by atoms with Gasteiger partial charge in [-0.3, -0.25) is 4.79 Å². The Morgan fingerprint density at radius 3 is 2.84 bits per heavy atom. The quantitative estimate of drug-likeness (QED) is 0.464. The molecule has 3 heterocycles. The number of rotatable bonds is 5. The van der Waals surface area contributed by atoms with Gasteiger partial charge in [-0.1, -0.05) is 11.2 Å². The van der Waals surface area contributed by atoms with Crippen LogP contribution in [0.3, 0.4) is 0 Å². The summed E-state index contributed by atoms with van der Waals surface area (Å²) in [6, 6.07) is 9.99. The maximum atomic E-state index is 14.2. The Hall–Kier alpha value is -3.68. The monoisotopic (exact) mass is 434 g/mol. The van der Waals surface area contributed by atoms with E-state index in [1.165, 1.54) is 12.1 Å². The number of aryl methyl sites for hydroxylation is 2. The third-order valence-corrected chi connectivity index (χ3v) is 5.80.